The van der Waals surface area contributed by atoms with E-state index in [4.69, 9.17) is 72.6 Å². The third-order valence-corrected chi connectivity index (χ3v) is 30.0. The molecule has 1 saturated heterocycles. The van der Waals surface area contributed by atoms with Gasteiger partial charge in [-0.1, -0.05) is 207 Å². The summed E-state index contributed by atoms with van der Waals surface area (Å²) in [6.45, 7) is 52.3. The number of hydrogen-bond acceptors (Lipinski definition) is 10. The fraction of sp³-hybridized carbons (Fsp3) is 0.596. The molecule has 1 heterocycles. The quantitative estimate of drug-likeness (QED) is 0.0749. The first-order valence-electron chi connectivity index (χ1n) is 39.3. The number of benzene rings is 4. The van der Waals surface area contributed by atoms with E-state index in [2.05, 4.69) is 216 Å². The Kier molecular flexibility index (Phi) is 53.9. The van der Waals surface area contributed by atoms with Gasteiger partial charge in [0.1, 0.15) is 31.5 Å². The summed E-state index contributed by atoms with van der Waals surface area (Å²) in [5.74, 6) is 8.82. The van der Waals surface area contributed by atoms with Crippen LogP contribution in [0.15, 0.2) is 109 Å². The number of ether oxygens (including phenoxy) is 1. The summed E-state index contributed by atoms with van der Waals surface area (Å²) in [4.78, 5) is 36.3. The van der Waals surface area contributed by atoms with E-state index in [1.807, 2.05) is 36.4 Å². The fourth-order valence-corrected chi connectivity index (χ4v) is 23.9. The molecular weight excluding hydrogens is 1620 g/mol. The summed E-state index contributed by atoms with van der Waals surface area (Å²) in [7, 11) is 2.32. The standard InChI is InChI=1S/C15H30NOSi.C15H26NOSi.C15H23NOSi.C15H22O2Si.C9H8O2.C9H8O.C4H8O.C4H9.CH2Cl2.CH4.CH3.2ClH.3Li.Zr.H/c3*1-15(2,3)16-18(4,5)17-14-11-7-9-12-8-6-10-13(12)14;1-15(2,3)18(4,5)17-14-8-6-7-11-12(14)9-10-13(11)16;10-8-3-1-2-6-7(8)4-5-9(6)11;10-9-6-2-4-7-3-1-5-8(7)9;1-2-4-5-3-1;1-4(2)3;2-1-3;;;;;;;;;/h12-14H,6-11H2,1-5H3;7,9,11-13H,6,8,10H2,1-5H3;6-9,11,16H,10H2,1-5H3;6-8H,9-10H2,1-5H3;1-3,10H,4-5H2;1-4,6,10H,5H2;1-4H2;1-3H3;1H2;1H4;1H3;2*1H;;;;;/q2*-1;;;;;;-1;;;-1;;;3*+1;+4;-1/p-2. The molecule has 8 aliphatic carbocycles. The van der Waals surface area contributed by atoms with Gasteiger partial charge in [-0.3, -0.25) is 9.59 Å². The van der Waals surface area contributed by atoms with Crippen molar-refractivity contribution in [2.75, 3.05) is 18.6 Å². The number of rotatable bonds is 11. The SMILES string of the molecule is C.C1CCOC1.CC(C)(C)N[Si](C)(C)Oc1cccc2c1CC=C2.CC(C)(C)[N-][Si](C)(C)OC1=CC=CC2CCCC12.CC(C)(C)[N-][Si](C)(C)OC1CCCC2CCCC21.CC(C)(C)[Si](C)(C)Oc1cccc2c1CCC2=O.C[C-](C)C.ClCCl.O=C1CCc2c(O)cccc21.Oc1cccc2c1CC=C2.[CH3-].[Cl][Zr+2][Cl].[H-].[Li+].[Li+].[Li+]. The molecule has 3 saturated carbocycles. The van der Waals surface area contributed by atoms with Crippen molar-refractivity contribution >= 4 is 97.7 Å². The summed E-state index contributed by atoms with van der Waals surface area (Å²) < 4.78 is 30.5. The van der Waals surface area contributed by atoms with Crippen molar-refractivity contribution in [3.8, 4) is 23.0 Å². The number of allylic oxidation sites excluding steroid dienone is 6. The van der Waals surface area contributed by atoms with Gasteiger partial charge in [-0.05, 0) is 182 Å². The average molecular weight is 1770 g/mol. The fourth-order valence-electron chi connectivity index (χ4n) is 15.1. The Morgan fingerprint density at radius 1 is 0.584 bits per heavy atom. The number of nitrogens with one attached hydrogen (secondary N) is 1. The van der Waals surface area contributed by atoms with E-state index in [9.17, 15) is 19.8 Å². The molecule has 620 valence electrons. The Balaban J connectivity index is -0.00000125. The average Bonchev–Trinajstić information content (AvgIpc) is 1.61. The van der Waals surface area contributed by atoms with Crippen molar-refractivity contribution in [2.24, 2.45) is 23.7 Å². The second-order valence-corrected chi connectivity index (χ2v) is 55.2. The largest absolute Gasteiger partial charge is 1.00 e. The van der Waals surface area contributed by atoms with Gasteiger partial charge >= 0.3 is 103 Å². The van der Waals surface area contributed by atoms with Crippen LogP contribution in [0.5, 0.6) is 23.0 Å². The Morgan fingerprint density at radius 2 is 1.03 bits per heavy atom. The number of nitrogens with zero attached hydrogens (tertiary/aromatic N) is 2. The van der Waals surface area contributed by atoms with E-state index in [-0.39, 0.29) is 117 Å². The van der Waals surface area contributed by atoms with Crippen LogP contribution in [0.25, 0.3) is 22.1 Å². The molecule has 0 aromatic heterocycles. The molecule has 12 nitrogen and oxygen atoms in total. The number of alkyl halides is 2. The van der Waals surface area contributed by atoms with Gasteiger partial charge in [0.2, 0.25) is 8.32 Å². The van der Waals surface area contributed by atoms with Gasteiger partial charge in [0.15, 0.2) is 11.6 Å². The van der Waals surface area contributed by atoms with Crippen molar-refractivity contribution in [3.05, 3.63) is 177 Å². The van der Waals surface area contributed by atoms with Crippen molar-refractivity contribution in [1.29, 1.82) is 0 Å². The molecule has 9 aliphatic rings. The zero-order valence-electron chi connectivity index (χ0n) is 75.2. The topological polar surface area (TPSA) is 161 Å². The number of hydrogen-bond donors (Lipinski definition) is 3. The Morgan fingerprint density at radius 3 is 1.51 bits per heavy atom. The molecule has 24 heteroatoms. The number of aromatic hydroxyl groups is 2. The molecule has 1 aliphatic heterocycles. The second-order valence-electron chi connectivity index (χ2n) is 35.8. The molecule has 5 atom stereocenters. The summed E-state index contributed by atoms with van der Waals surface area (Å²) in [6.07, 6.45) is 35.1. The Hall–Kier alpha value is -1.32. The summed E-state index contributed by atoms with van der Waals surface area (Å²) >= 11 is 8.70. The van der Waals surface area contributed by atoms with Crippen LogP contribution in [0.4, 0.5) is 0 Å². The first kappa shape index (κ1) is 114. The minimum absolute atomic E-state index is 0. The zero-order valence-corrected chi connectivity index (χ0v) is 83.6. The van der Waals surface area contributed by atoms with E-state index in [1.54, 1.807) is 24.3 Å². The number of fused-ring (bicyclic) bond motifs is 6. The van der Waals surface area contributed by atoms with Crippen LogP contribution in [0.2, 0.25) is 57.4 Å². The van der Waals surface area contributed by atoms with Crippen LogP contribution in [0, 0.1) is 37.0 Å². The first-order chi connectivity index (χ1) is 50.3. The molecule has 0 radical (unpaired) electrons. The van der Waals surface area contributed by atoms with Crippen molar-refractivity contribution in [3.63, 3.8) is 0 Å². The summed E-state index contributed by atoms with van der Waals surface area (Å²) in [5.41, 5.74) is 8.46. The summed E-state index contributed by atoms with van der Waals surface area (Å²) in [5, 5.41) is 19.0. The molecule has 13 rings (SSSR count). The zero-order chi connectivity index (χ0) is 81.1. The van der Waals surface area contributed by atoms with Crippen LogP contribution >= 0.6 is 40.2 Å². The first-order valence-corrected chi connectivity index (χ1v) is 58.3. The molecular formula is C89H144Cl4Li3N3O9Si4Zr. The number of carbonyl (C=O) groups excluding carboxylic acids is 2. The van der Waals surface area contributed by atoms with Crippen molar-refractivity contribution in [1.82, 2.24) is 4.98 Å². The maximum Gasteiger partial charge on any atom is 1.00 e. The van der Waals surface area contributed by atoms with Gasteiger partial charge in [0, 0.05) is 77.0 Å². The normalized spacial score (nSPS) is 18.9. The van der Waals surface area contributed by atoms with E-state index >= 15 is 0 Å². The number of halogens is 4. The van der Waals surface area contributed by atoms with Crippen molar-refractivity contribution in [2.45, 2.75) is 301 Å². The van der Waals surface area contributed by atoms with E-state index in [0.717, 1.165) is 83.6 Å². The molecule has 3 N–H and O–H groups in total. The molecule has 113 heavy (non-hydrogen) atoms. The molecule has 0 spiro atoms. The molecule has 4 fully saturated rings. The minimum atomic E-state index is -1.96. The van der Waals surface area contributed by atoms with Gasteiger partial charge in [-0.2, -0.15) is 20.8 Å². The Bertz CT molecular complexity index is 3570. The number of phenolic OH excluding ortho intramolecular Hbond substituents is 2. The molecule has 0 bridgehead atoms. The Labute approximate surface area is 758 Å². The predicted molar refractivity (Wildman–Crippen MR) is 481 cm³/mol. The summed E-state index contributed by atoms with van der Waals surface area (Å²) in [6, 6.07) is 22.9. The van der Waals surface area contributed by atoms with E-state index in [1.165, 1.54) is 93.4 Å². The van der Waals surface area contributed by atoms with Crippen LogP contribution in [0.1, 0.15) is 250 Å². The van der Waals surface area contributed by atoms with Gasteiger partial charge in [0.05, 0.1) is 19.6 Å². The third kappa shape index (κ3) is 41.9. The van der Waals surface area contributed by atoms with Crippen LogP contribution < -0.4 is 70.4 Å². The third-order valence-electron chi connectivity index (χ3n) is 19.6. The van der Waals surface area contributed by atoms with Gasteiger partial charge in [-0.25, -0.2) is 0 Å². The van der Waals surface area contributed by atoms with Gasteiger partial charge in [-0.15, -0.1) is 34.3 Å². The van der Waals surface area contributed by atoms with E-state index < -0.39 is 54.6 Å². The minimum Gasteiger partial charge on any atom is -1.00 e. The number of phenols is 2. The smallest absolute Gasteiger partial charge is 1.00 e. The van der Waals surface area contributed by atoms with Crippen LogP contribution in [0.3, 0.4) is 0 Å². The van der Waals surface area contributed by atoms with Gasteiger partial charge < -0.3 is 62.4 Å². The van der Waals surface area contributed by atoms with Crippen molar-refractivity contribution < 1.29 is 121 Å². The maximum atomic E-state index is 11.7. The molecule has 4 aromatic rings. The van der Waals surface area contributed by atoms with Gasteiger partial charge in [0.25, 0.3) is 0 Å². The number of ketones is 2. The van der Waals surface area contributed by atoms with Crippen LogP contribution in [-0.2, 0) is 60.1 Å². The number of Topliss-reactive ketones (excluding diaryl/α,β-unsaturated/α-hetero) is 2. The molecule has 5 unspecified atom stereocenters. The molecule has 4 aromatic carbocycles. The predicted octanol–water partition coefficient (Wildman–Crippen LogP) is 18.4. The maximum absolute atomic E-state index is 11.7. The second kappa shape index (κ2) is 53.6. The number of carbonyl (C=O) groups is 2. The van der Waals surface area contributed by atoms with Crippen LogP contribution in [-0.4, -0.2) is 96.8 Å². The molecule has 0 amide bonds. The monoisotopic (exact) mass is 1760 g/mol. The van der Waals surface area contributed by atoms with E-state index in [0.29, 0.717) is 48.5 Å².